The third-order valence-corrected chi connectivity index (χ3v) is 6.79. The van der Waals surface area contributed by atoms with Crippen LogP contribution in [0.25, 0.3) is 0 Å². The summed E-state index contributed by atoms with van der Waals surface area (Å²) in [6.45, 7) is 2.28. The summed E-state index contributed by atoms with van der Waals surface area (Å²) in [4.78, 5) is 0. The van der Waals surface area contributed by atoms with E-state index < -0.39 is 0 Å². The Bertz CT molecular complexity index is 155. The summed E-state index contributed by atoms with van der Waals surface area (Å²) in [5.74, 6) is 0. The van der Waals surface area contributed by atoms with Crippen LogP contribution >= 0.6 is 0 Å². The Kier molecular flexibility index (Phi) is 20.1. The van der Waals surface area contributed by atoms with E-state index in [2.05, 4.69) is 25.2 Å². The zero-order chi connectivity index (χ0) is 7.23. The minimum absolute atomic E-state index is 0. The van der Waals surface area contributed by atoms with Gasteiger partial charge in [0.05, 0.1) is 0 Å². The van der Waals surface area contributed by atoms with Crippen molar-refractivity contribution in [1.29, 1.82) is 0 Å². The Morgan fingerprint density at radius 1 is 1.31 bits per heavy atom. The Morgan fingerprint density at radius 2 is 2.00 bits per heavy atom. The minimum atomic E-state index is -0.283. The summed E-state index contributed by atoms with van der Waals surface area (Å²) in [5.41, 5.74) is 0. The maximum Gasteiger partial charge on any atom is -1.00 e. The molecule has 1 rings (SSSR count). The van der Waals surface area contributed by atoms with Crippen molar-refractivity contribution in [2.75, 3.05) is 0 Å². The van der Waals surface area contributed by atoms with E-state index in [9.17, 15) is 0 Å². The average Bonchev–Trinajstić information content (AvgIpc) is 2.41. The molecule has 0 aliphatic heterocycles. The SMILES string of the molecule is CCC[CH2][Hf+3][C]1=CC=CC1.[Cl-].[Cl-].[Cl-]. The maximum absolute atomic E-state index is 2.35. The van der Waals surface area contributed by atoms with Gasteiger partial charge < -0.3 is 37.2 Å². The molecule has 0 bridgehead atoms. The molecule has 0 amide bonds. The van der Waals surface area contributed by atoms with Crippen LogP contribution in [0, 0.1) is 0 Å². The van der Waals surface area contributed by atoms with Crippen molar-refractivity contribution >= 4 is 0 Å². The third kappa shape index (κ3) is 9.52. The van der Waals surface area contributed by atoms with Crippen molar-refractivity contribution in [2.24, 2.45) is 0 Å². The number of halogens is 3. The first-order valence-electron chi connectivity index (χ1n) is 4.03. The normalized spacial score (nSPS) is 11.6. The van der Waals surface area contributed by atoms with Crippen molar-refractivity contribution in [1.82, 2.24) is 0 Å². The molecule has 0 aromatic carbocycles. The maximum atomic E-state index is 2.35. The summed E-state index contributed by atoms with van der Waals surface area (Å²) >= 11 is -0.283. The number of rotatable bonds is 4. The molecular formula is C9H14Cl3Hf. The van der Waals surface area contributed by atoms with Gasteiger partial charge in [0.2, 0.25) is 0 Å². The van der Waals surface area contributed by atoms with Gasteiger partial charge in [0.15, 0.2) is 0 Å². The summed E-state index contributed by atoms with van der Waals surface area (Å²) in [5, 5.41) is 0. The van der Waals surface area contributed by atoms with Gasteiger partial charge in [0.1, 0.15) is 0 Å². The Morgan fingerprint density at radius 3 is 2.46 bits per heavy atom. The smallest absolute Gasteiger partial charge is 1.00 e. The van der Waals surface area contributed by atoms with Crippen molar-refractivity contribution in [3.8, 4) is 0 Å². The molecular weight excluding hydrogens is 393 g/mol. The number of hydrogen-bond donors (Lipinski definition) is 0. The second-order valence-electron chi connectivity index (χ2n) is 2.60. The van der Waals surface area contributed by atoms with E-state index in [1.807, 2.05) is 3.33 Å². The second-order valence-corrected chi connectivity index (χ2v) is 7.98. The molecule has 0 spiro atoms. The van der Waals surface area contributed by atoms with E-state index >= 15 is 0 Å². The average molecular weight is 407 g/mol. The molecule has 0 atom stereocenters. The van der Waals surface area contributed by atoms with E-state index in [4.69, 9.17) is 0 Å². The number of unbranched alkanes of at least 4 members (excludes halogenated alkanes) is 1. The quantitative estimate of drug-likeness (QED) is 0.322. The van der Waals surface area contributed by atoms with Gasteiger partial charge in [-0.25, -0.2) is 0 Å². The topological polar surface area (TPSA) is 0 Å². The molecule has 0 fully saturated rings. The summed E-state index contributed by atoms with van der Waals surface area (Å²) in [7, 11) is 0. The Hall–Kier alpha value is 1.22. The Balaban J connectivity index is -0.000000333. The summed E-state index contributed by atoms with van der Waals surface area (Å²) in [6, 6.07) is 0. The molecule has 0 saturated carbocycles. The molecule has 0 nitrogen and oxygen atoms in total. The molecule has 1 aliphatic carbocycles. The fourth-order valence-corrected chi connectivity index (χ4v) is 5.77. The van der Waals surface area contributed by atoms with Gasteiger partial charge in [-0.2, -0.15) is 0 Å². The first kappa shape index (κ1) is 19.7. The van der Waals surface area contributed by atoms with Gasteiger partial charge in [-0.05, 0) is 0 Å². The van der Waals surface area contributed by atoms with E-state index in [1.54, 1.807) is 4.18 Å². The van der Waals surface area contributed by atoms with Crippen molar-refractivity contribution in [3.63, 3.8) is 0 Å². The second kappa shape index (κ2) is 13.2. The fourth-order valence-electron chi connectivity index (χ4n) is 1.00. The van der Waals surface area contributed by atoms with Gasteiger partial charge in [-0.3, -0.25) is 0 Å². The van der Waals surface area contributed by atoms with Gasteiger partial charge in [0, 0.05) is 0 Å². The molecule has 1 aliphatic rings. The molecule has 0 N–H and O–H groups in total. The zero-order valence-corrected chi connectivity index (χ0v) is 13.6. The van der Waals surface area contributed by atoms with E-state index in [1.165, 1.54) is 19.3 Å². The van der Waals surface area contributed by atoms with Gasteiger partial charge in [-0.1, -0.05) is 0 Å². The molecule has 0 heterocycles. The van der Waals surface area contributed by atoms with E-state index in [0.717, 1.165) is 0 Å². The van der Waals surface area contributed by atoms with Gasteiger partial charge in [-0.15, -0.1) is 0 Å². The number of hydrogen-bond acceptors (Lipinski definition) is 0. The zero-order valence-electron chi connectivity index (χ0n) is 7.69. The molecule has 0 aromatic heterocycles. The summed E-state index contributed by atoms with van der Waals surface area (Å²) < 4.78 is 3.39. The van der Waals surface area contributed by atoms with Crippen LogP contribution in [0.2, 0.25) is 4.18 Å². The van der Waals surface area contributed by atoms with Crippen LogP contribution < -0.4 is 37.2 Å². The van der Waals surface area contributed by atoms with Gasteiger partial charge >= 0.3 is 74.8 Å². The molecule has 0 saturated heterocycles. The van der Waals surface area contributed by atoms with Gasteiger partial charge in [0.25, 0.3) is 0 Å². The minimum Gasteiger partial charge on any atom is -1.00 e. The largest absolute Gasteiger partial charge is 1.00 e. The molecule has 0 aromatic rings. The molecule has 0 radical (unpaired) electrons. The van der Waals surface area contributed by atoms with E-state index in [0.29, 0.717) is 0 Å². The van der Waals surface area contributed by atoms with Crippen LogP contribution in [0.5, 0.6) is 0 Å². The van der Waals surface area contributed by atoms with Crippen molar-refractivity contribution in [3.05, 3.63) is 21.6 Å². The van der Waals surface area contributed by atoms with Crippen molar-refractivity contribution < 1.29 is 60.1 Å². The molecule has 13 heavy (non-hydrogen) atoms. The van der Waals surface area contributed by atoms with Crippen LogP contribution in [0.3, 0.4) is 0 Å². The first-order chi connectivity index (χ1) is 4.93. The molecule has 4 heteroatoms. The monoisotopic (exact) mass is 407 g/mol. The standard InChI is InChI=1S/C5H5.C4H9.3ClH.Hf/c1-2-4-5-3-1;1-3-4-2;;;;/h1-3H,4H2;1,3-4H2,2H3;3*1H;/q;;;;;+3/p-3. The van der Waals surface area contributed by atoms with Crippen LogP contribution in [0.15, 0.2) is 21.6 Å². The fraction of sp³-hybridized carbons (Fsp3) is 0.556. The Labute approximate surface area is 111 Å². The van der Waals surface area contributed by atoms with Crippen LogP contribution in [-0.2, 0) is 22.9 Å². The molecule has 0 unspecified atom stereocenters. The summed E-state index contributed by atoms with van der Waals surface area (Å²) in [6.07, 6.45) is 11.0. The predicted octanol–water partition coefficient (Wildman–Crippen LogP) is -5.86. The van der Waals surface area contributed by atoms with Crippen LogP contribution in [-0.4, -0.2) is 0 Å². The predicted molar refractivity (Wildman–Crippen MR) is 41.6 cm³/mol. The van der Waals surface area contributed by atoms with Crippen LogP contribution in [0.4, 0.5) is 0 Å². The van der Waals surface area contributed by atoms with E-state index in [-0.39, 0.29) is 60.1 Å². The molecule has 75 valence electrons. The number of allylic oxidation sites excluding steroid dienone is 4. The van der Waals surface area contributed by atoms with Crippen LogP contribution in [0.1, 0.15) is 26.2 Å². The van der Waals surface area contributed by atoms with Crippen molar-refractivity contribution in [2.45, 2.75) is 30.4 Å². The third-order valence-electron chi connectivity index (χ3n) is 1.65. The first-order valence-corrected chi connectivity index (χ1v) is 8.36.